The Morgan fingerprint density at radius 1 is 1.31 bits per heavy atom. The largest absolute Gasteiger partial charge is 0.544 e. The maximum atomic E-state index is 11.6. The van der Waals surface area contributed by atoms with Gasteiger partial charge in [0.2, 0.25) is 6.73 Å². The molecule has 0 aromatic rings. The van der Waals surface area contributed by atoms with E-state index in [-0.39, 0.29) is 23.7 Å². The van der Waals surface area contributed by atoms with Gasteiger partial charge in [-0.15, -0.1) is 0 Å². The second kappa shape index (κ2) is 5.30. The fourth-order valence-electron chi connectivity index (χ4n) is 0.968. The van der Waals surface area contributed by atoms with Crippen molar-refractivity contribution in [2.45, 2.75) is 27.2 Å². The lowest BCUT2D eigenvalue weighted by molar-refractivity contribution is -0.901. The van der Waals surface area contributed by atoms with E-state index in [2.05, 4.69) is 0 Å². The van der Waals surface area contributed by atoms with Gasteiger partial charge in [0.15, 0.2) is 0 Å². The number of hydrogen-bond acceptors (Lipinski definition) is 4. The number of ether oxygens (including phenoxy) is 1. The number of carbonyl (C=O) groups is 2. The Kier molecular flexibility index (Phi) is 4.93. The van der Waals surface area contributed by atoms with E-state index in [0.717, 1.165) is 0 Å². The fourth-order valence-corrected chi connectivity index (χ4v) is 0.968. The number of carbonyl (C=O) groups excluding carboxylic acids is 2. The van der Waals surface area contributed by atoms with Gasteiger partial charge in [0.1, 0.15) is 6.54 Å². The lowest BCUT2D eigenvalue weighted by atomic mass is 9.91. The van der Waals surface area contributed by atoms with E-state index < -0.39 is 11.4 Å². The van der Waals surface area contributed by atoms with Crippen molar-refractivity contribution in [1.82, 2.24) is 0 Å². The first-order chi connectivity index (χ1) is 7.10. The standard InChI is InChI=1S/C11H21NO4/c1-6-11(2,3)10(15)16-8-12(4,5)7-9(13)14/h6-8H2,1-5H3. The number of carboxylic acids is 1. The summed E-state index contributed by atoms with van der Waals surface area (Å²) in [5.74, 6) is -1.46. The fraction of sp³-hybridized carbons (Fsp3) is 0.818. The molecule has 0 aliphatic heterocycles. The molecular weight excluding hydrogens is 210 g/mol. The quantitative estimate of drug-likeness (QED) is 0.359. The van der Waals surface area contributed by atoms with Gasteiger partial charge in [-0.05, 0) is 20.3 Å². The molecule has 0 N–H and O–H groups in total. The monoisotopic (exact) mass is 231 g/mol. The Morgan fingerprint density at radius 3 is 2.19 bits per heavy atom. The second-order valence-electron chi connectivity index (χ2n) is 5.26. The first-order valence-electron chi connectivity index (χ1n) is 5.30. The number of nitrogens with zero attached hydrogens (tertiary/aromatic N) is 1. The maximum Gasteiger partial charge on any atom is 0.315 e. The SMILES string of the molecule is CCC(C)(C)C(=O)OC[N+](C)(C)CC(=O)[O-]. The highest BCUT2D eigenvalue weighted by Gasteiger charge is 2.29. The molecule has 0 aromatic carbocycles. The van der Waals surface area contributed by atoms with Crippen molar-refractivity contribution in [1.29, 1.82) is 0 Å². The summed E-state index contributed by atoms with van der Waals surface area (Å²) in [6, 6.07) is 0. The van der Waals surface area contributed by atoms with Crippen LogP contribution in [0.3, 0.4) is 0 Å². The summed E-state index contributed by atoms with van der Waals surface area (Å²) in [6.07, 6.45) is 0.680. The lowest BCUT2D eigenvalue weighted by Crippen LogP contribution is -2.50. The van der Waals surface area contributed by atoms with E-state index in [1.165, 1.54) is 0 Å². The molecule has 0 fully saturated rings. The summed E-state index contributed by atoms with van der Waals surface area (Å²) in [7, 11) is 3.34. The summed E-state index contributed by atoms with van der Waals surface area (Å²) >= 11 is 0. The number of hydrogen-bond donors (Lipinski definition) is 0. The average molecular weight is 231 g/mol. The van der Waals surface area contributed by atoms with Crippen LogP contribution in [0.25, 0.3) is 0 Å². The summed E-state index contributed by atoms with van der Waals surface area (Å²) in [5.41, 5.74) is -0.526. The molecule has 0 rings (SSSR count). The molecular formula is C11H21NO4. The zero-order valence-corrected chi connectivity index (χ0v) is 10.7. The molecule has 0 aliphatic rings. The van der Waals surface area contributed by atoms with Crippen LogP contribution in [0.2, 0.25) is 0 Å². The number of carboxylic acid groups (broad SMARTS) is 1. The van der Waals surface area contributed by atoms with E-state index in [9.17, 15) is 14.7 Å². The Morgan fingerprint density at radius 2 is 1.81 bits per heavy atom. The van der Waals surface area contributed by atoms with E-state index in [1.807, 2.05) is 6.92 Å². The van der Waals surface area contributed by atoms with Crippen LogP contribution in [0.1, 0.15) is 27.2 Å². The molecule has 0 aromatic heterocycles. The van der Waals surface area contributed by atoms with Crippen LogP contribution in [0, 0.1) is 5.41 Å². The number of likely N-dealkylation sites (N-methyl/N-ethyl adjacent to an activating group) is 1. The number of aliphatic carboxylic acids is 1. The first kappa shape index (κ1) is 14.9. The van der Waals surface area contributed by atoms with Gasteiger partial charge in [-0.1, -0.05) is 6.92 Å². The van der Waals surface area contributed by atoms with Crippen molar-refractivity contribution in [3.63, 3.8) is 0 Å². The summed E-state index contributed by atoms with van der Waals surface area (Å²) in [6.45, 7) is 5.36. The highest BCUT2D eigenvalue weighted by Crippen LogP contribution is 2.21. The molecule has 16 heavy (non-hydrogen) atoms. The van der Waals surface area contributed by atoms with Gasteiger partial charge < -0.3 is 14.6 Å². The summed E-state index contributed by atoms with van der Waals surface area (Å²) in [5, 5.41) is 10.4. The van der Waals surface area contributed by atoms with Crippen molar-refractivity contribution in [2.75, 3.05) is 27.4 Å². The molecule has 0 bridgehead atoms. The first-order valence-corrected chi connectivity index (χ1v) is 5.30. The Balaban J connectivity index is 4.25. The van der Waals surface area contributed by atoms with E-state index in [1.54, 1.807) is 27.9 Å². The van der Waals surface area contributed by atoms with Crippen molar-refractivity contribution in [2.24, 2.45) is 5.41 Å². The van der Waals surface area contributed by atoms with Gasteiger partial charge in [-0.25, -0.2) is 0 Å². The predicted molar refractivity (Wildman–Crippen MR) is 57.0 cm³/mol. The van der Waals surface area contributed by atoms with Crippen LogP contribution < -0.4 is 5.11 Å². The lowest BCUT2D eigenvalue weighted by Gasteiger charge is -2.30. The molecule has 5 nitrogen and oxygen atoms in total. The van der Waals surface area contributed by atoms with Gasteiger partial charge in [0.05, 0.1) is 25.5 Å². The zero-order valence-electron chi connectivity index (χ0n) is 10.7. The van der Waals surface area contributed by atoms with Crippen LogP contribution in [0.5, 0.6) is 0 Å². The van der Waals surface area contributed by atoms with Gasteiger partial charge >= 0.3 is 5.97 Å². The molecule has 0 amide bonds. The molecule has 94 valence electrons. The highest BCUT2D eigenvalue weighted by atomic mass is 16.5. The minimum absolute atomic E-state index is 0.0379. The third kappa shape index (κ3) is 5.11. The van der Waals surface area contributed by atoms with Crippen molar-refractivity contribution in [3.8, 4) is 0 Å². The highest BCUT2D eigenvalue weighted by molar-refractivity contribution is 5.75. The van der Waals surface area contributed by atoms with E-state index in [4.69, 9.17) is 4.74 Å². The van der Waals surface area contributed by atoms with Gasteiger partial charge in [0.25, 0.3) is 0 Å². The van der Waals surface area contributed by atoms with Crippen LogP contribution in [-0.4, -0.2) is 43.8 Å². The topological polar surface area (TPSA) is 66.4 Å². The van der Waals surface area contributed by atoms with Crippen LogP contribution in [-0.2, 0) is 14.3 Å². The van der Waals surface area contributed by atoms with Gasteiger partial charge in [-0.3, -0.25) is 9.28 Å². The summed E-state index contributed by atoms with van der Waals surface area (Å²) in [4.78, 5) is 22.1. The minimum atomic E-state index is -1.16. The molecule has 5 heteroatoms. The Labute approximate surface area is 96.6 Å². The predicted octanol–water partition coefficient (Wildman–Crippen LogP) is -0.250. The van der Waals surface area contributed by atoms with Crippen LogP contribution in [0.4, 0.5) is 0 Å². The molecule has 0 radical (unpaired) electrons. The Hall–Kier alpha value is -1.10. The smallest absolute Gasteiger partial charge is 0.315 e. The van der Waals surface area contributed by atoms with Crippen LogP contribution >= 0.6 is 0 Å². The Bertz CT molecular complexity index is 271. The third-order valence-corrected chi connectivity index (χ3v) is 2.54. The van der Waals surface area contributed by atoms with Crippen molar-refractivity contribution in [3.05, 3.63) is 0 Å². The summed E-state index contributed by atoms with van der Waals surface area (Å²) < 4.78 is 5.17. The van der Waals surface area contributed by atoms with Gasteiger partial charge in [-0.2, -0.15) is 0 Å². The third-order valence-electron chi connectivity index (χ3n) is 2.54. The molecule has 0 aliphatic carbocycles. The molecule has 0 saturated heterocycles. The molecule has 0 heterocycles. The number of rotatable bonds is 6. The van der Waals surface area contributed by atoms with Gasteiger partial charge in [0, 0.05) is 0 Å². The average Bonchev–Trinajstić information content (AvgIpc) is 2.12. The second-order valence-corrected chi connectivity index (χ2v) is 5.26. The normalized spacial score (nSPS) is 12.3. The number of esters is 1. The zero-order chi connectivity index (χ0) is 13.0. The minimum Gasteiger partial charge on any atom is -0.544 e. The van der Waals surface area contributed by atoms with Crippen molar-refractivity contribution >= 4 is 11.9 Å². The van der Waals surface area contributed by atoms with Crippen LogP contribution in [0.15, 0.2) is 0 Å². The molecule has 0 atom stereocenters. The molecule has 0 saturated carbocycles. The van der Waals surface area contributed by atoms with Crippen molar-refractivity contribution < 1.29 is 23.9 Å². The molecule has 0 unspecified atom stereocenters. The van der Waals surface area contributed by atoms with E-state index in [0.29, 0.717) is 6.42 Å². The molecule has 0 spiro atoms. The number of quaternary nitrogens is 1. The van der Waals surface area contributed by atoms with E-state index >= 15 is 0 Å². The maximum absolute atomic E-state index is 11.6.